The van der Waals surface area contributed by atoms with E-state index in [0.29, 0.717) is 13.0 Å². The quantitative estimate of drug-likeness (QED) is 0.837. The van der Waals surface area contributed by atoms with Gasteiger partial charge in [0.25, 0.3) is 0 Å². The molecule has 1 aromatic rings. The third-order valence-electron chi connectivity index (χ3n) is 3.16. The number of benzene rings is 1. The number of para-hydroxylation sites is 1. The Labute approximate surface area is 107 Å². The fourth-order valence-corrected chi connectivity index (χ4v) is 1.83. The molecule has 1 N–H and O–H groups in total. The summed E-state index contributed by atoms with van der Waals surface area (Å²) in [5.41, 5.74) is 0.952. The van der Waals surface area contributed by atoms with Gasteiger partial charge in [-0.3, -0.25) is 4.79 Å². The standard InChI is InChI=1S/C14H18N2O2/c1-11(14(17)18)12(2)16(10-6-9-15)13-7-4-3-5-8-13/h3-5,7-8,11-12H,6,10H2,1-2H3,(H,17,18). The lowest BCUT2D eigenvalue weighted by atomic mass is 10.0. The van der Waals surface area contributed by atoms with E-state index in [1.165, 1.54) is 0 Å². The van der Waals surface area contributed by atoms with Gasteiger partial charge in [-0.1, -0.05) is 18.2 Å². The molecule has 0 fully saturated rings. The van der Waals surface area contributed by atoms with Crippen LogP contribution in [0.15, 0.2) is 30.3 Å². The summed E-state index contributed by atoms with van der Waals surface area (Å²) in [6.45, 7) is 4.11. The van der Waals surface area contributed by atoms with E-state index >= 15 is 0 Å². The number of nitriles is 1. The number of hydrogen-bond acceptors (Lipinski definition) is 3. The Balaban J connectivity index is 2.92. The number of nitrogens with zero attached hydrogens (tertiary/aromatic N) is 2. The summed E-state index contributed by atoms with van der Waals surface area (Å²) in [5.74, 6) is -1.30. The maximum Gasteiger partial charge on any atom is 0.308 e. The van der Waals surface area contributed by atoms with E-state index < -0.39 is 11.9 Å². The van der Waals surface area contributed by atoms with Crippen LogP contribution in [0.25, 0.3) is 0 Å². The SMILES string of the molecule is CC(C(=O)O)C(C)N(CCC#N)c1ccccc1. The average molecular weight is 246 g/mol. The number of carboxylic acids is 1. The van der Waals surface area contributed by atoms with Crippen LogP contribution in [-0.4, -0.2) is 23.7 Å². The van der Waals surface area contributed by atoms with Crippen molar-refractivity contribution in [1.82, 2.24) is 0 Å². The third-order valence-corrected chi connectivity index (χ3v) is 3.16. The van der Waals surface area contributed by atoms with E-state index in [1.807, 2.05) is 42.2 Å². The smallest absolute Gasteiger partial charge is 0.308 e. The molecule has 1 rings (SSSR count). The van der Waals surface area contributed by atoms with Gasteiger partial charge in [0.05, 0.1) is 18.4 Å². The van der Waals surface area contributed by atoms with Crippen molar-refractivity contribution in [3.63, 3.8) is 0 Å². The zero-order chi connectivity index (χ0) is 13.5. The lowest BCUT2D eigenvalue weighted by Gasteiger charge is -2.33. The monoisotopic (exact) mass is 246 g/mol. The summed E-state index contributed by atoms with van der Waals surface area (Å²) >= 11 is 0. The molecule has 0 spiro atoms. The predicted octanol–water partition coefficient (Wildman–Crippen LogP) is 2.52. The first kappa shape index (κ1) is 14.0. The van der Waals surface area contributed by atoms with Gasteiger partial charge in [-0.2, -0.15) is 5.26 Å². The second kappa shape index (κ2) is 6.65. The number of aliphatic carboxylic acids is 1. The van der Waals surface area contributed by atoms with Crippen molar-refractivity contribution >= 4 is 11.7 Å². The van der Waals surface area contributed by atoms with Crippen LogP contribution < -0.4 is 4.90 Å². The number of carboxylic acid groups (broad SMARTS) is 1. The second-order valence-electron chi connectivity index (χ2n) is 4.30. The number of anilines is 1. The van der Waals surface area contributed by atoms with Crippen LogP contribution in [0.4, 0.5) is 5.69 Å². The molecule has 0 saturated heterocycles. The van der Waals surface area contributed by atoms with Crippen molar-refractivity contribution in [2.75, 3.05) is 11.4 Å². The first-order valence-electron chi connectivity index (χ1n) is 5.99. The lowest BCUT2D eigenvalue weighted by molar-refractivity contribution is -0.141. The van der Waals surface area contributed by atoms with Gasteiger partial charge in [0.2, 0.25) is 0 Å². The fourth-order valence-electron chi connectivity index (χ4n) is 1.83. The van der Waals surface area contributed by atoms with Crippen molar-refractivity contribution in [3.8, 4) is 6.07 Å². The van der Waals surface area contributed by atoms with Crippen LogP contribution in [0.5, 0.6) is 0 Å². The predicted molar refractivity (Wildman–Crippen MR) is 70.3 cm³/mol. The fraction of sp³-hybridized carbons (Fsp3) is 0.429. The van der Waals surface area contributed by atoms with E-state index in [9.17, 15) is 4.79 Å². The molecule has 0 amide bonds. The van der Waals surface area contributed by atoms with Gasteiger partial charge < -0.3 is 10.0 Å². The molecular weight excluding hydrogens is 228 g/mol. The molecule has 4 heteroatoms. The Kier molecular flexibility index (Phi) is 5.19. The summed E-state index contributed by atoms with van der Waals surface area (Å²) in [7, 11) is 0. The van der Waals surface area contributed by atoms with Gasteiger partial charge in [-0.15, -0.1) is 0 Å². The Morgan fingerprint density at radius 3 is 2.50 bits per heavy atom. The van der Waals surface area contributed by atoms with Crippen LogP contribution in [0.2, 0.25) is 0 Å². The normalized spacial score (nSPS) is 13.4. The molecule has 0 aromatic heterocycles. The molecule has 0 bridgehead atoms. The number of carbonyl (C=O) groups is 1. The van der Waals surface area contributed by atoms with Crippen LogP contribution >= 0.6 is 0 Å². The molecule has 0 aliphatic rings. The highest BCUT2D eigenvalue weighted by atomic mass is 16.4. The summed E-state index contributed by atoms with van der Waals surface area (Å²) < 4.78 is 0. The van der Waals surface area contributed by atoms with Crippen LogP contribution in [0.1, 0.15) is 20.3 Å². The first-order chi connectivity index (χ1) is 8.57. The average Bonchev–Trinajstić information content (AvgIpc) is 2.39. The second-order valence-corrected chi connectivity index (χ2v) is 4.30. The zero-order valence-corrected chi connectivity index (χ0v) is 10.7. The van der Waals surface area contributed by atoms with Crippen molar-refractivity contribution in [2.24, 2.45) is 5.92 Å². The van der Waals surface area contributed by atoms with E-state index in [0.717, 1.165) is 5.69 Å². The highest BCUT2D eigenvalue weighted by Crippen LogP contribution is 2.21. The number of rotatable bonds is 6. The van der Waals surface area contributed by atoms with Gasteiger partial charge in [-0.05, 0) is 26.0 Å². The summed E-state index contributed by atoms with van der Waals surface area (Å²) in [5, 5.41) is 17.8. The molecule has 2 atom stereocenters. The molecule has 96 valence electrons. The van der Waals surface area contributed by atoms with E-state index in [-0.39, 0.29) is 6.04 Å². The molecule has 18 heavy (non-hydrogen) atoms. The third kappa shape index (κ3) is 3.49. The van der Waals surface area contributed by atoms with Gasteiger partial charge in [0.15, 0.2) is 0 Å². The van der Waals surface area contributed by atoms with Crippen LogP contribution in [0.3, 0.4) is 0 Å². The van der Waals surface area contributed by atoms with Crippen LogP contribution in [-0.2, 0) is 4.79 Å². The Morgan fingerprint density at radius 1 is 1.39 bits per heavy atom. The van der Waals surface area contributed by atoms with Crippen LogP contribution in [0, 0.1) is 17.2 Å². The first-order valence-corrected chi connectivity index (χ1v) is 5.99. The summed E-state index contributed by atoms with van der Waals surface area (Å²) in [4.78, 5) is 13.0. The summed E-state index contributed by atoms with van der Waals surface area (Å²) in [6, 6.07) is 11.5. The molecule has 1 aromatic carbocycles. The topological polar surface area (TPSA) is 64.3 Å². The minimum atomic E-state index is -0.819. The van der Waals surface area contributed by atoms with Gasteiger partial charge in [0, 0.05) is 18.3 Å². The Morgan fingerprint density at radius 2 is 2.00 bits per heavy atom. The lowest BCUT2D eigenvalue weighted by Crippen LogP contribution is -2.41. The molecule has 0 aliphatic carbocycles. The zero-order valence-electron chi connectivity index (χ0n) is 10.7. The maximum atomic E-state index is 11.1. The van der Waals surface area contributed by atoms with Gasteiger partial charge in [0.1, 0.15) is 0 Å². The number of hydrogen-bond donors (Lipinski definition) is 1. The summed E-state index contributed by atoms with van der Waals surface area (Å²) in [6.07, 6.45) is 0.381. The van der Waals surface area contributed by atoms with E-state index in [2.05, 4.69) is 6.07 Å². The van der Waals surface area contributed by atoms with Crippen molar-refractivity contribution in [3.05, 3.63) is 30.3 Å². The van der Waals surface area contributed by atoms with Crippen molar-refractivity contribution < 1.29 is 9.90 Å². The minimum Gasteiger partial charge on any atom is -0.481 e. The highest BCUT2D eigenvalue weighted by molar-refractivity contribution is 5.71. The van der Waals surface area contributed by atoms with Crippen molar-refractivity contribution in [1.29, 1.82) is 5.26 Å². The molecule has 0 saturated carbocycles. The Bertz CT molecular complexity index is 425. The minimum absolute atomic E-state index is 0.154. The molecule has 0 heterocycles. The highest BCUT2D eigenvalue weighted by Gasteiger charge is 2.25. The molecule has 0 radical (unpaired) electrons. The molecule has 2 unspecified atom stereocenters. The maximum absolute atomic E-state index is 11.1. The Hall–Kier alpha value is -2.02. The van der Waals surface area contributed by atoms with Crippen molar-refractivity contribution in [2.45, 2.75) is 26.3 Å². The van der Waals surface area contributed by atoms with Gasteiger partial charge in [-0.25, -0.2) is 0 Å². The van der Waals surface area contributed by atoms with E-state index in [1.54, 1.807) is 6.92 Å². The molecular formula is C14H18N2O2. The largest absolute Gasteiger partial charge is 0.481 e. The van der Waals surface area contributed by atoms with E-state index in [4.69, 9.17) is 10.4 Å². The van der Waals surface area contributed by atoms with Gasteiger partial charge >= 0.3 is 5.97 Å². The molecule has 0 aliphatic heterocycles. The molecule has 4 nitrogen and oxygen atoms in total.